The predicted molar refractivity (Wildman–Crippen MR) is 350 cm³/mol. The minimum atomic E-state index is -4.71. The number of nitrogens with zero attached hydrogens (tertiary/aromatic N) is 8. The minimum absolute atomic E-state index is 0.0134. The summed E-state index contributed by atoms with van der Waals surface area (Å²) in [7, 11) is 1.82. The van der Waals surface area contributed by atoms with E-state index in [1.54, 1.807) is 68.4 Å². The van der Waals surface area contributed by atoms with Gasteiger partial charge in [0.2, 0.25) is 11.8 Å². The number of anilines is 1. The van der Waals surface area contributed by atoms with Gasteiger partial charge in [-0.15, -0.1) is 0 Å². The summed E-state index contributed by atoms with van der Waals surface area (Å²) in [6, 6.07) is 30.3. The van der Waals surface area contributed by atoms with Crippen LogP contribution in [0.3, 0.4) is 0 Å². The zero-order valence-electron chi connectivity index (χ0n) is 54.3. The summed E-state index contributed by atoms with van der Waals surface area (Å²) in [5.74, 6) is -2.25. The van der Waals surface area contributed by atoms with E-state index in [1.165, 1.54) is 47.3 Å². The van der Waals surface area contributed by atoms with E-state index in [1.807, 2.05) is 29.2 Å². The first-order chi connectivity index (χ1) is 47.6. The highest BCUT2D eigenvalue weighted by atomic mass is 19.4. The largest absolute Gasteiger partial charge is 0.416 e. The molecule has 1 aliphatic rings. The number of hydrazine groups is 1. The molecule has 4 heterocycles. The van der Waals surface area contributed by atoms with E-state index in [9.17, 15) is 65.6 Å². The van der Waals surface area contributed by atoms with Gasteiger partial charge in [0.05, 0.1) is 143 Å². The second kappa shape index (κ2) is 35.8. The highest BCUT2D eigenvalue weighted by molar-refractivity contribution is 5.96. The number of nitrogens with one attached hydrogen (secondary N) is 4. The Balaban J connectivity index is 0.646. The molecule has 0 saturated heterocycles. The number of hydrogen-bond donors (Lipinski definition) is 4. The van der Waals surface area contributed by atoms with E-state index in [-0.39, 0.29) is 164 Å². The molecule has 0 atom stereocenters. The summed E-state index contributed by atoms with van der Waals surface area (Å²) < 4.78 is 120. The van der Waals surface area contributed by atoms with Crippen LogP contribution in [0.15, 0.2) is 137 Å². The first-order valence-corrected chi connectivity index (χ1v) is 31.3. The Morgan fingerprint density at radius 1 is 0.505 bits per heavy atom. The summed E-state index contributed by atoms with van der Waals surface area (Å²) in [6.45, 7) is 5.87. The van der Waals surface area contributed by atoms with Crippen LogP contribution in [-0.2, 0) is 50.4 Å². The molecule has 0 radical (unpaired) electrons. The van der Waals surface area contributed by atoms with Crippen LogP contribution >= 0.6 is 0 Å². The first-order valence-electron chi connectivity index (χ1n) is 31.3. The average Bonchev–Trinajstić information content (AvgIpc) is 1.73. The molecule has 0 bridgehead atoms. The van der Waals surface area contributed by atoms with Crippen molar-refractivity contribution in [2.75, 3.05) is 124 Å². The summed E-state index contributed by atoms with van der Waals surface area (Å²) in [5.41, 5.74) is -0.178. The molecule has 1 aliphatic heterocycles. The molecule has 24 nitrogen and oxygen atoms in total. The lowest BCUT2D eigenvalue weighted by Gasteiger charge is -2.31. The normalized spacial score (nSPS) is 12.4. The van der Waals surface area contributed by atoms with E-state index in [0.29, 0.717) is 51.6 Å². The fourth-order valence-electron chi connectivity index (χ4n) is 10.4. The number of pyridine rings is 2. The second-order valence-corrected chi connectivity index (χ2v) is 22.1. The molecule has 99 heavy (non-hydrogen) atoms. The number of nitriles is 2. The van der Waals surface area contributed by atoms with Gasteiger partial charge >= 0.3 is 12.4 Å². The molecule has 4 aromatic carbocycles. The Hall–Kier alpha value is -10.3. The number of aromatic nitrogens is 4. The average molecular weight is 1380 g/mol. The van der Waals surface area contributed by atoms with E-state index in [0.717, 1.165) is 33.4 Å². The SMILES string of the molecule is Cc1c(C2=CCN(C)N2c2ccc(C#N)cc2)cc(C(=O)NCCOCCOCCOCCNC(=O)CCC(=O)NCCOCCOCCOCCNC(=O)c2cc(-c3ccnn3-c3ccc(C#N)cc3)c(C)n(-c3cccc(C(F)(F)F)c3)c2=O)c(=O)n1-c1cccc(C(F)(F)F)c1. The van der Waals surface area contributed by atoms with E-state index in [2.05, 4.69) is 32.4 Å². The smallest absolute Gasteiger partial charge is 0.377 e. The topological polar surface area (TPSA) is 288 Å². The van der Waals surface area contributed by atoms with Crippen molar-refractivity contribution in [3.05, 3.63) is 199 Å². The third-order valence-corrected chi connectivity index (χ3v) is 15.3. The summed E-state index contributed by atoms with van der Waals surface area (Å²) in [4.78, 5) is 79.9. The second-order valence-electron chi connectivity index (χ2n) is 22.1. The number of carbonyl (C=O) groups is 4. The zero-order chi connectivity index (χ0) is 71.1. The highest BCUT2D eigenvalue weighted by Crippen LogP contribution is 2.36. The van der Waals surface area contributed by atoms with Crippen LogP contribution in [-0.4, -0.2) is 167 Å². The molecule has 8 rings (SSSR count). The number of carbonyl (C=O) groups excluding carboxylic acids is 4. The van der Waals surface area contributed by atoms with Crippen LogP contribution in [0.5, 0.6) is 0 Å². The highest BCUT2D eigenvalue weighted by Gasteiger charge is 2.34. The zero-order valence-corrected chi connectivity index (χ0v) is 54.3. The predicted octanol–water partition coefficient (Wildman–Crippen LogP) is 7.22. The van der Waals surface area contributed by atoms with Gasteiger partial charge in [-0.3, -0.25) is 42.9 Å². The Bertz CT molecular complexity index is 4200. The summed E-state index contributed by atoms with van der Waals surface area (Å²) in [5, 5.41) is 37.4. The van der Waals surface area contributed by atoms with Crippen LogP contribution in [0.25, 0.3) is 34.0 Å². The number of hydrogen-bond acceptors (Lipinski definition) is 17. The van der Waals surface area contributed by atoms with Crippen molar-refractivity contribution in [1.82, 2.24) is 45.2 Å². The van der Waals surface area contributed by atoms with Gasteiger partial charge in [-0.05, 0) is 123 Å². The minimum Gasteiger partial charge on any atom is -0.377 e. The molecule has 522 valence electrons. The van der Waals surface area contributed by atoms with Crippen LogP contribution in [0, 0.1) is 36.5 Å². The van der Waals surface area contributed by atoms with Crippen molar-refractivity contribution in [2.24, 2.45) is 0 Å². The maximum atomic E-state index is 14.1. The lowest BCUT2D eigenvalue weighted by Crippen LogP contribution is -2.37. The third-order valence-electron chi connectivity index (χ3n) is 15.3. The van der Waals surface area contributed by atoms with Gasteiger partial charge < -0.3 is 49.7 Å². The van der Waals surface area contributed by atoms with Crippen molar-refractivity contribution in [3.8, 4) is 40.5 Å². The first kappa shape index (κ1) is 74.5. The molecule has 0 aliphatic carbocycles. The molecule has 30 heteroatoms. The van der Waals surface area contributed by atoms with Gasteiger partial charge in [0.1, 0.15) is 11.1 Å². The van der Waals surface area contributed by atoms with Crippen LogP contribution in [0.1, 0.15) is 72.8 Å². The summed E-state index contributed by atoms with van der Waals surface area (Å²) >= 11 is 0. The van der Waals surface area contributed by atoms with Crippen molar-refractivity contribution in [1.29, 1.82) is 10.5 Å². The fraction of sp³-hybridized carbons (Fsp3) is 0.348. The molecule has 0 saturated carbocycles. The van der Waals surface area contributed by atoms with Gasteiger partial charge in [-0.2, -0.15) is 42.0 Å². The third kappa shape index (κ3) is 20.4. The molecule has 7 aromatic rings. The van der Waals surface area contributed by atoms with Gasteiger partial charge in [-0.1, -0.05) is 12.1 Å². The Labute approximate surface area is 564 Å². The number of ether oxygens (including phenoxy) is 6. The summed E-state index contributed by atoms with van der Waals surface area (Å²) in [6.07, 6.45) is -6.15. The van der Waals surface area contributed by atoms with Crippen LogP contribution in [0.2, 0.25) is 0 Å². The number of halogens is 6. The molecule has 0 unspecified atom stereocenters. The Morgan fingerprint density at radius 3 is 1.32 bits per heavy atom. The maximum absolute atomic E-state index is 14.1. The number of benzene rings is 4. The van der Waals surface area contributed by atoms with E-state index < -0.39 is 46.4 Å². The maximum Gasteiger partial charge on any atom is 0.416 e. The molecule has 0 spiro atoms. The van der Waals surface area contributed by atoms with Crippen LogP contribution in [0.4, 0.5) is 32.0 Å². The quantitative estimate of drug-likeness (QED) is 0.0225. The Kier molecular flexibility index (Phi) is 26.9. The van der Waals surface area contributed by atoms with Gasteiger partial charge in [0, 0.05) is 86.5 Å². The van der Waals surface area contributed by atoms with Gasteiger partial charge in [0.15, 0.2) is 0 Å². The number of alkyl halides is 6. The van der Waals surface area contributed by atoms with Crippen molar-refractivity contribution < 1.29 is 73.9 Å². The molecule has 4 amide bonds. The molecule has 3 aromatic heterocycles. The van der Waals surface area contributed by atoms with E-state index >= 15 is 0 Å². The van der Waals surface area contributed by atoms with E-state index in [4.69, 9.17) is 28.4 Å². The molecule has 0 fully saturated rings. The monoisotopic (exact) mass is 1370 g/mol. The van der Waals surface area contributed by atoms with Gasteiger partial charge in [0.25, 0.3) is 22.9 Å². The standard InChI is InChI=1S/C69H72F6N12O12/c1-46-56(60-20-22-82-86(60)52-14-10-48(44-76)11-15-52)42-58(66(92)84(46)54-8-4-6-50(40-54)68(70,71)72)64(90)80-25-30-96-34-38-98-36-32-94-28-23-78-62(88)18-19-63(89)79-24-29-95-33-37-99-39-35-97-31-26-81-65(91)59-43-57(61-21-27-83(3)87(61)53-16-12-49(45-77)13-17-53)47(2)85(67(59)93)55-9-5-7-51(41-55)69(73,74)75/h4-17,20-22,40-43H,18-19,23-39H2,1-3H3,(H,78,88)(H,79,89)(H,80,90)(H,81,91). The van der Waals surface area contributed by atoms with Crippen molar-refractivity contribution in [3.63, 3.8) is 0 Å². The van der Waals surface area contributed by atoms with Crippen molar-refractivity contribution in [2.45, 2.75) is 39.0 Å². The fourth-order valence-corrected chi connectivity index (χ4v) is 10.4. The molecular formula is C69H72F6N12O12. The molecular weight excluding hydrogens is 1300 g/mol. The van der Waals surface area contributed by atoms with Crippen molar-refractivity contribution >= 4 is 35.0 Å². The number of likely N-dealkylation sites (N-methyl/N-ethyl adjacent to an activating group) is 1. The van der Waals surface area contributed by atoms with Crippen LogP contribution < -0.4 is 37.4 Å². The lowest BCUT2D eigenvalue weighted by molar-refractivity contribution is -0.138. The lowest BCUT2D eigenvalue weighted by atomic mass is 10.0. The Morgan fingerprint density at radius 2 is 0.899 bits per heavy atom. The molecule has 4 N–H and O–H groups in total. The number of rotatable bonds is 35. The van der Waals surface area contributed by atoms with Gasteiger partial charge in [-0.25, -0.2) is 9.69 Å². The number of amides is 4.